The minimum Gasteiger partial charge on any atom is -0.255 e. The number of aliphatic imine (C=N–C) groups is 2. The molecule has 0 saturated heterocycles. The van der Waals surface area contributed by atoms with E-state index in [1.165, 1.54) is 242 Å². The quantitative estimate of drug-likeness (QED) is 0.0273. The van der Waals surface area contributed by atoms with Gasteiger partial charge in [-0.25, -0.2) is 0 Å². The van der Waals surface area contributed by atoms with Crippen LogP contribution in [-0.4, -0.2) is 12.4 Å². The Bertz CT molecular complexity index is 1280. The zero-order valence-corrected chi connectivity index (χ0v) is 44.0. The molecule has 0 aliphatic carbocycles. The number of hydrogen-bond acceptors (Lipinski definition) is 2. The topological polar surface area (TPSA) is 24.7 Å². The SMILES string of the molecule is CCCCCCCCCCCCCCCCCCCC=CCCCc1ccccc1N=CC=Nc1ccccc1CCCC=CCCCCCCCCCCCCCCCCCCC.[Ni]. The van der Waals surface area contributed by atoms with Crippen LogP contribution < -0.4 is 0 Å². The third-order valence-electron chi connectivity index (χ3n) is 13.4. The number of rotatable bonds is 47. The van der Waals surface area contributed by atoms with Crippen LogP contribution in [-0.2, 0) is 29.3 Å². The van der Waals surface area contributed by atoms with Crippen LogP contribution in [0, 0.1) is 0 Å². The Labute approximate surface area is 415 Å². The van der Waals surface area contributed by atoms with Crippen molar-refractivity contribution in [3.05, 3.63) is 84.0 Å². The van der Waals surface area contributed by atoms with Gasteiger partial charge >= 0.3 is 0 Å². The van der Waals surface area contributed by atoms with Gasteiger partial charge in [0.15, 0.2) is 0 Å². The van der Waals surface area contributed by atoms with Crippen LogP contribution in [0.5, 0.6) is 0 Å². The summed E-state index contributed by atoms with van der Waals surface area (Å²) in [6.45, 7) is 4.61. The number of nitrogens with zero attached hydrogens (tertiary/aromatic N) is 2. The van der Waals surface area contributed by atoms with E-state index in [0.29, 0.717) is 0 Å². The van der Waals surface area contributed by atoms with Gasteiger partial charge in [0, 0.05) is 28.9 Å². The number of aryl methyl sites for hydroxylation is 2. The predicted octanol–water partition coefficient (Wildman–Crippen LogP) is 21.6. The van der Waals surface area contributed by atoms with Gasteiger partial charge in [-0.2, -0.15) is 0 Å². The molecule has 0 radical (unpaired) electrons. The fourth-order valence-electron chi connectivity index (χ4n) is 9.19. The van der Waals surface area contributed by atoms with E-state index in [9.17, 15) is 0 Å². The normalized spacial score (nSPS) is 11.9. The van der Waals surface area contributed by atoms with Crippen molar-refractivity contribution in [1.29, 1.82) is 0 Å². The first-order valence-electron chi connectivity index (χ1n) is 28.4. The van der Waals surface area contributed by atoms with Crippen molar-refractivity contribution < 1.29 is 16.5 Å². The Morgan fingerprint density at radius 1 is 0.292 bits per heavy atom. The van der Waals surface area contributed by atoms with Gasteiger partial charge in [0.05, 0.1) is 11.4 Å². The molecule has 0 saturated carbocycles. The standard InChI is InChI=1S/C62H104N2.Ni/c1-3-5-7-9-11-13-15-17-19-21-23-25-27-29-31-33-35-37-39-41-43-45-51-59-53-47-49-55-61(59)63-57-58-64-62-56-50-48-54-60(62)52-46-44-42-40-38-36-34-32-30-28-26-24-22-20-18-16-14-12-10-8-6-4-2;/h39-42,47-50,53-58H,3-38,43-46,51-52H2,1-2H3;. The zero-order chi connectivity index (χ0) is 45.3. The van der Waals surface area contributed by atoms with Gasteiger partial charge < -0.3 is 0 Å². The molecular formula is C62H104N2Ni. The van der Waals surface area contributed by atoms with Gasteiger partial charge in [-0.1, -0.05) is 280 Å². The van der Waals surface area contributed by atoms with E-state index in [1.807, 2.05) is 12.4 Å². The number of hydrogen-bond donors (Lipinski definition) is 0. The van der Waals surface area contributed by atoms with Crippen LogP contribution in [0.4, 0.5) is 11.4 Å². The van der Waals surface area contributed by atoms with E-state index in [0.717, 1.165) is 49.9 Å². The smallest absolute Gasteiger partial charge is 0.0662 e. The molecule has 2 rings (SSSR count). The van der Waals surface area contributed by atoms with E-state index in [4.69, 9.17) is 9.98 Å². The summed E-state index contributed by atoms with van der Waals surface area (Å²) >= 11 is 0. The van der Waals surface area contributed by atoms with Crippen LogP contribution in [0.3, 0.4) is 0 Å². The number of para-hydroxylation sites is 2. The Morgan fingerprint density at radius 2 is 0.523 bits per heavy atom. The molecule has 0 aliphatic heterocycles. The summed E-state index contributed by atoms with van der Waals surface area (Å²) in [7, 11) is 0. The summed E-state index contributed by atoms with van der Waals surface area (Å²) in [5, 5.41) is 0. The van der Waals surface area contributed by atoms with Gasteiger partial charge in [-0.3, -0.25) is 9.98 Å². The Kier molecular flexibility index (Phi) is 46.4. The third kappa shape index (κ3) is 39.5. The van der Waals surface area contributed by atoms with Gasteiger partial charge in [0.2, 0.25) is 0 Å². The largest absolute Gasteiger partial charge is 0.255 e. The van der Waals surface area contributed by atoms with Crippen molar-refractivity contribution in [2.45, 2.75) is 284 Å². The molecule has 0 aromatic heterocycles. The first-order chi connectivity index (χ1) is 31.8. The van der Waals surface area contributed by atoms with Crippen LogP contribution in [0.2, 0.25) is 0 Å². The average Bonchev–Trinajstić information content (AvgIpc) is 3.32. The molecule has 0 unspecified atom stereocenters. The van der Waals surface area contributed by atoms with E-state index in [-0.39, 0.29) is 16.5 Å². The second kappa shape index (κ2) is 49.7. The second-order valence-corrected chi connectivity index (χ2v) is 19.4. The Hall–Kier alpha value is -2.25. The molecule has 0 heterocycles. The van der Waals surface area contributed by atoms with Crippen LogP contribution in [0.1, 0.15) is 282 Å². The maximum atomic E-state index is 4.82. The van der Waals surface area contributed by atoms with Gasteiger partial charge in [0.25, 0.3) is 0 Å². The number of unbranched alkanes of at least 4 members (excludes halogenated alkanes) is 36. The average molecular weight is 936 g/mol. The van der Waals surface area contributed by atoms with E-state index < -0.39 is 0 Å². The second-order valence-electron chi connectivity index (χ2n) is 19.4. The van der Waals surface area contributed by atoms with Crippen LogP contribution >= 0.6 is 0 Å². The fourth-order valence-corrected chi connectivity index (χ4v) is 9.19. The first kappa shape index (κ1) is 60.8. The summed E-state index contributed by atoms with van der Waals surface area (Å²) in [6.07, 6.45) is 71.4. The minimum absolute atomic E-state index is 0. The molecule has 0 spiro atoms. The summed E-state index contributed by atoms with van der Waals surface area (Å²) in [5.74, 6) is 0. The van der Waals surface area contributed by atoms with E-state index in [2.05, 4.69) is 86.7 Å². The molecule has 0 atom stereocenters. The Morgan fingerprint density at radius 3 is 0.800 bits per heavy atom. The Balaban J connectivity index is 0.0000211. The van der Waals surface area contributed by atoms with Crippen molar-refractivity contribution in [3.8, 4) is 0 Å². The molecule has 372 valence electrons. The van der Waals surface area contributed by atoms with Crippen molar-refractivity contribution in [1.82, 2.24) is 0 Å². The van der Waals surface area contributed by atoms with Gasteiger partial charge in [0.1, 0.15) is 0 Å². The van der Waals surface area contributed by atoms with Gasteiger partial charge in [-0.15, -0.1) is 0 Å². The molecule has 0 N–H and O–H groups in total. The van der Waals surface area contributed by atoms with Crippen LogP contribution in [0.15, 0.2) is 82.8 Å². The minimum atomic E-state index is 0. The molecule has 0 aliphatic rings. The number of allylic oxidation sites excluding steroid dienone is 4. The van der Waals surface area contributed by atoms with Crippen molar-refractivity contribution >= 4 is 23.8 Å². The summed E-state index contributed by atoms with van der Waals surface area (Å²) in [6, 6.07) is 17.2. The molecule has 3 heteroatoms. The van der Waals surface area contributed by atoms with Crippen molar-refractivity contribution in [2.75, 3.05) is 0 Å². The van der Waals surface area contributed by atoms with Gasteiger partial charge in [-0.05, 0) is 87.5 Å². The third-order valence-corrected chi connectivity index (χ3v) is 13.4. The summed E-state index contributed by atoms with van der Waals surface area (Å²) in [5.41, 5.74) is 4.78. The number of benzene rings is 2. The molecule has 2 nitrogen and oxygen atoms in total. The summed E-state index contributed by atoms with van der Waals surface area (Å²) in [4.78, 5) is 9.63. The van der Waals surface area contributed by atoms with E-state index >= 15 is 0 Å². The van der Waals surface area contributed by atoms with Crippen molar-refractivity contribution in [3.63, 3.8) is 0 Å². The molecular weight excluding hydrogens is 831 g/mol. The monoisotopic (exact) mass is 935 g/mol. The summed E-state index contributed by atoms with van der Waals surface area (Å²) < 4.78 is 0. The molecule has 2 aromatic carbocycles. The van der Waals surface area contributed by atoms with Crippen molar-refractivity contribution in [2.24, 2.45) is 9.98 Å². The first-order valence-corrected chi connectivity index (χ1v) is 28.4. The molecule has 65 heavy (non-hydrogen) atoms. The van der Waals surface area contributed by atoms with E-state index in [1.54, 1.807) is 0 Å². The maximum absolute atomic E-state index is 4.82. The molecule has 2 aromatic rings. The zero-order valence-electron chi connectivity index (χ0n) is 43.0. The molecule has 0 bridgehead atoms. The predicted molar refractivity (Wildman–Crippen MR) is 291 cm³/mol. The molecule has 0 fully saturated rings. The fraction of sp³-hybridized carbons (Fsp3) is 0.710. The maximum Gasteiger partial charge on any atom is 0.0662 e. The molecule has 0 amide bonds. The van der Waals surface area contributed by atoms with Crippen LogP contribution in [0.25, 0.3) is 0 Å².